The molecule has 228 valence electrons. The molecule has 0 unspecified atom stereocenters. The number of rotatable bonds is 14. The first kappa shape index (κ1) is 31.9. The molecule has 0 spiro atoms. The first-order valence-corrected chi connectivity index (χ1v) is 15.3. The molecule has 0 aromatic heterocycles. The number of sulfonamides is 1. The third-order valence-electron chi connectivity index (χ3n) is 6.45. The van der Waals surface area contributed by atoms with Crippen molar-refractivity contribution in [3.05, 3.63) is 120 Å². The van der Waals surface area contributed by atoms with Gasteiger partial charge < -0.3 is 14.8 Å². The lowest BCUT2D eigenvalue weighted by atomic mass is 10.1. The molecule has 0 atom stereocenters. The van der Waals surface area contributed by atoms with E-state index in [1.165, 1.54) is 44.5 Å². The van der Waals surface area contributed by atoms with Gasteiger partial charge in [-0.3, -0.25) is 9.59 Å². The summed E-state index contributed by atoms with van der Waals surface area (Å²) < 4.78 is 39.6. The smallest absolute Gasteiger partial charge is 0.255 e. The zero-order chi connectivity index (χ0) is 31.4. The van der Waals surface area contributed by atoms with E-state index in [1.807, 2.05) is 60.7 Å². The number of carbonyl (C=O) groups excluding carboxylic acids is 2. The van der Waals surface area contributed by atoms with Crippen LogP contribution in [0.25, 0.3) is 0 Å². The minimum Gasteiger partial charge on any atom is -0.493 e. The van der Waals surface area contributed by atoms with Gasteiger partial charge in [0, 0.05) is 19.2 Å². The Bertz CT molecular complexity index is 1680. The average molecular weight is 615 g/mol. The number of nitrogens with zero attached hydrogens (tertiary/aromatic N) is 2. The van der Waals surface area contributed by atoms with E-state index in [4.69, 9.17) is 9.47 Å². The summed E-state index contributed by atoms with van der Waals surface area (Å²) in [5, 5.41) is 6.63. The molecular formula is C33H34N4O6S. The van der Waals surface area contributed by atoms with Gasteiger partial charge in [0.05, 0.1) is 24.8 Å². The minimum absolute atomic E-state index is 0.00219. The largest absolute Gasteiger partial charge is 0.493 e. The van der Waals surface area contributed by atoms with Gasteiger partial charge in [0.1, 0.15) is 6.61 Å². The second-order valence-corrected chi connectivity index (χ2v) is 11.7. The summed E-state index contributed by atoms with van der Waals surface area (Å²) in [6.45, 7) is 1.36. The predicted octanol–water partition coefficient (Wildman–Crippen LogP) is 4.62. The Hall–Kier alpha value is -5.00. The number of hydrazone groups is 1. The van der Waals surface area contributed by atoms with Gasteiger partial charge in [-0.1, -0.05) is 60.7 Å². The predicted molar refractivity (Wildman–Crippen MR) is 169 cm³/mol. The fourth-order valence-electron chi connectivity index (χ4n) is 4.24. The van der Waals surface area contributed by atoms with E-state index >= 15 is 0 Å². The SMILES string of the molecule is COc1cc(/C=N\NC(=O)CN(CCc2ccccc2)S(=O)(=O)c2ccc(NC(C)=O)cc2)ccc1OCc1ccccc1. The van der Waals surface area contributed by atoms with Crippen LogP contribution in [0.5, 0.6) is 11.5 Å². The Morgan fingerprint density at radius 3 is 2.16 bits per heavy atom. The van der Waals surface area contributed by atoms with Gasteiger partial charge in [-0.2, -0.15) is 9.41 Å². The second-order valence-electron chi connectivity index (χ2n) is 9.76. The molecule has 0 saturated heterocycles. The number of hydrogen-bond donors (Lipinski definition) is 2. The highest BCUT2D eigenvalue weighted by atomic mass is 32.2. The standard InChI is InChI=1S/C33H34N4O6S/c1-25(38)35-29-14-16-30(17-15-29)44(40,41)37(20-19-26-9-5-3-6-10-26)23-33(39)36-34-22-28-13-18-31(32(21-28)42-2)43-24-27-11-7-4-8-12-27/h3-18,21-22H,19-20,23-24H2,1-2H3,(H,35,38)(H,36,39)/b34-22-. The van der Waals surface area contributed by atoms with Crippen LogP contribution in [0.15, 0.2) is 113 Å². The second kappa shape index (κ2) is 15.5. The summed E-state index contributed by atoms with van der Waals surface area (Å²) in [5.41, 5.74) is 5.47. The number of ether oxygens (including phenoxy) is 2. The van der Waals surface area contributed by atoms with Crippen LogP contribution in [-0.4, -0.2) is 51.0 Å². The van der Waals surface area contributed by atoms with Crippen LogP contribution in [0.2, 0.25) is 0 Å². The highest BCUT2D eigenvalue weighted by Gasteiger charge is 2.26. The highest BCUT2D eigenvalue weighted by Crippen LogP contribution is 2.28. The van der Waals surface area contributed by atoms with Gasteiger partial charge >= 0.3 is 0 Å². The molecule has 4 aromatic carbocycles. The van der Waals surface area contributed by atoms with Crippen molar-refractivity contribution in [1.82, 2.24) is 9.73 Å². The maximum absolute atomic E-state index is 13.6. The molecular weight excluding hydrogens is 580 g/mol. The van der Waals surface area contributed by atoms with E-state index in [9.17, 15) is 18.0 Å². The normalized spacial score (nSPS) is 11.3. The van der Waals surface area contributed by atoms with Crippen molar-refractivity contribution in [2.45, 2.75) is 24.8 Å². The number of anilines is 1. The van der Waals surface area contributed by atoms with Gasteiger partial charge in [0.2, 0.25) is 15.9 Å². The number of nitrogens with one attached hydrogen (secondary N) is 2. The molecule has 0 radical (unpaired) electrons. The number of methoxy groups -OCH3 is 1. The van der Waals surface area contributed by atoms with Crippen molar-refractivity contribution in [3.63, 3.8) is 0 Å². The Labute approximate surface area is 257 Å². The van der Waals surface area contributed by atoms with Gasteiger partial charge in [-0.15, -0.1) is 0 Å². The summed E-state index contributed by atoms with van der Waals surface area (Å²) in [6.07, 6.45) is 1.84. The molecule has 2 N–H and O–H groups in total. The molecule has 0 aliphatic rings. The van der Waals surface area contributed by atoms with Crippen LogP contribution in [0, 0.1) is 0 Å². The lowest BCUT2D eigenvalue weighted by molar-refractivity contribution is -0.121. The van der Waals surface area contributed by atoms with Crippen molar-refractivity contribution >= 4 is 33.7 Å². The molecule has 44 heavy (non-hydrogen) atoms. The van der Waals surface area contributed by atoms with E-state index in [2.05, 4.69) is 15.8 Å². The van der Waals surface area contributed by atoms with E-state index in [-0.39, 0.29) is 17.3 Å². The lowest BCUT2D eigenvalue weighted by Gasteiger charge is -2.21. The van der Waals surface area contributed by atoms with Crippen LogP contribution in [0.1, 0.15) is 23.6 Å². The fourth-order valence-corrected chi connectivity index (χ4v) is 5.64. The Morgan fingerprint density at radius 2 is 1.52 bits per heavy atom. The summed E-state index contributed by atoms with van der Waals surface area (Å²) >= 11 is 0. The molecule has 10 nitrogen and oxygen atoms in total. The Kier molecular flexibility index (Phi) is 11.2. The number of carbonyl (C=O) groups is 2. The van der Waals surface area contributed by atoms with Gasteiger partial charge in [0.15, 0.2) is 11.5 Å². The van der Waals surface area contributed by atoms with E-state index in [1.54, 1.807) is 18.2 Å². The molecule has 0 fully saturated rings. The highest BCUT2D eigenvalue weighted by molar-refractivity contribution is 7.89. The van der Waals surface area contributed by atoms with E-state index in [0.29, 0.717) is 35.8 Å². The maximum atomic E-state index is 13.6. The summed E-state index contributed by atoms with van der Waals surface area (Å²) in [4.78, 5) is 24.2. The Balaban J connectivity index is 1.42. The molecule has 2 amide bonds. The zero-order valence-electron chi connectivity index (χ0n) is 24.5. The molecule has 0 bridgehead atoms. The molecule has 4 rings (SSSR count). The summed E-state index contributed by atoms with van der Waals surface area (Å²) in [6, 6.07) is 30.2. The number of benzene rings is 4. The lowest BCUT2D eigenvalue weighted by Crippen LogP contribution is -2.40. The Morgan fingerprint density at radius 1 is 0.864 bits per heavy atom. The molecule has 0 aliphatic heterocycles. The molecule has 0 aliphatic carbocycles. The van der Waals surface area contributed by atoms with Crippen LogP contribution in [0.4, 0.5) is 5.69 Å². The van der Waals surface area contributed by atoms with Crippen molar-refractivity contribution in [2.24, 2.45) is 5.10 Å². The van der Waals surface area contributed by atoms with Gasteiger partial charge in [-0.25, -0.2) is 13.8 Å². The van der Waals surface area contributed by atoms with Crippen molar-refractivity contribution < 1.29 is 27.5 Å². The first-order valence-electron chi connectivity index (χ1n) is 13.8. The van der Waals surface area contributed by atoms with E-state index < -0.39 is 22.5 Å². The van der Waals surface area contributed by atoms with Gasteiger partial charge in [-0.05, 0) is 65.6 Å². The average Bonchev–Trinajstić information content (AvgIpc) is 3.03. The quantitative estimate of drug-likeness (QED) is 0.158. The topological polar surface area (TPSA) is 126 Å². The van der Waals surface area contributed by atoms with Crippen LogP contribution < -0.4 is 20.2 Å². The zero-order valence-corrected chi connectivity index (χ0v) is 25.3. The number of hydrogen-bond acceptors (Lipinski definition) is 7. The third-order valence-corrected chi connectivity index (χ3v) is 8.31. The van der Waals surface area contributed by atoms with Gasteiger partial charge in [0.25, 0.3) is 5.91 Å². The summed E-state index contributed by atoms with van der Waals surface area (Å²) in [5.74, 6) is 0.177. The van der Waals surface area contributed by atoms with Crippen LogP contribution in [-0.2, 0) is 32.6 Å². The van der Waals surface area contributed by atoms with Crippen LogP contribution >= 0.6 is 0 Å². The number of amides is 2. The molecule has 0 saturated carbocycles. The van der Waals surface area contributed by atoms with Crippen molar-refractivity contribution in [1.29, 1.82) is 0 Å². The van der Waals surface area contributed by atoms with Crippen molar-refractivity contribution in [3.8, 4) is 11.5 Å². The minimum atomic E-state index is -4.05. The third kappa shape index (κ3) is 9.25. The monoisotopic (exact) mass is 614 g/mol. The molecule has 4 aromatic rings. The van der Waals surface area contributed by atoms with Crippen molar-refractivity contribution in [2.75, 3.05) is 25.5 Å². The first-order chi connectivity index (χ1) is 21.2. The molecule has 11 heteroatoms. The van der Waals surface area contributed by atoms with E-state index in [0.717, 1.165) is 15.4 Å². The molecule has 0 heterocycles. The fraction of sp³-hybridized carbons (Fsp3) is 0.182. The maximum Gasteiger partial charge on any atom is 0.255 e. The summed E-state index contributed by atoms with van der Waals surface area (Å²) in [7, 11) is -2.52. The van der Waals surface area contributed by atoms with Crippen LogP contribution in [0.3, 0.4) is 0 Å².